The summed E-state index contributed by atoms with van der Waals surface area (Å²) in [7, 11) is -3.63. The highest BCUT2D eigenvalue weighted by Gasteiger charge is 2.31. The molecule has 0 aliphatic carbocycles. The quantitative estimate of drug-likeness (QED) is 0.541. The lowest BCUT2D eigenvalue weighted by Crippen LogP contribution is -2.46. The molecule has 0 saturated heterocycles. The lowest BCUT2D eigenvalue weighted by Gasteiger charge is -2.29. The Kier molecular flexibility index (Phi) is 6.79. The Balaban J connectivity index is 2.26. The van der Waals surface area contributed by atoms with Crippen LogP contribution in [0.4, 0.5) is 10.8 Å². The molecule has 1 unspecified atom stereocenters. The van der Waals surface area contributed by atoms with Crippen LogP contribution in [0.15, 0.2) is 34.7 Å². The van der Waals surface area contributed by atoms with Gasteiger partial charge in [-0.2, -0.15) is 0 Å². The second kappa shape index (κ2) is 8.63. The topological polar surface area (TPSA) is 92.3 Å². The third kappa shape index (κ3) is 5.16. The van der Waals surface area contributed by atoms with E-state index in [0.29, 0.717) is 17.2 Å². The molecule has 0 aliphatic rings. The molecule has 1 N–H and O–H groups in total. The van der Waals surface area contributed by atoms with E-state index in [4.69, 9.17) is 0 Å². The maximum atomic E-state index is 12.7. The molecule has 0 bridgehead atoms. The van der Waals surface area contributed by atoms with Crippen molar-refractivity contribution in [3.8, 4) is 0 Å². The summed E-state index contributed by atoms with van der Waals surface area (Å²) >= 11 is 2.80. The lowest BCUT2D eigenvalue weighted by atomic mass is 10.2. The maximum absolute atomic E-state index is 12.7. The molecule has 25 heavy (non-hydrogen) atoms. The van der Waals surface area contributed by atoms with Crippen LogP contribution in [-0.2, 0) is 14.8 Å². The monoisotopic (exact) mass is 400 g/mol. The average molecular weight is 401 g/mol. The minimum atomic E-state index is -3.63. The SMILES string of the molecule is CCSc1nnc(NC(=O)C(CC)N(c2ccccc2)S(C)(=O)=O)s1. The number of nitrogens with one attached hydrogen (secondary N) is 1. The number of amides is 1. The average Bonchev–Trinajstić information content (AvgIpc) is 2.99. The number of carbonyl (C=O) groups is 1. The van der Waals surface area contributed by atoms with Crippen molar-refractivity contribution in [3.05, 3.63) is 30.3 Å². The minimum Gasteiger partial charge on any atom is -0.299 e. The van der Waals surface area contributed by atoms with Crippen LogP contribution in [0.25, 0.3) is 0 Å². The van der Waals surface area contributed by atoms with Gasteiger partial charge >= 0.3 is 0 Å². The third-order valence-electron chi connectivity index (χ3n) is 3.24. The van der Waals surface area contributed by atoms with E-state index in [1.54, 1.807) is 37.3 Å². The molecule has 0 spiro atoms. The summed E-state index contributed by atoms with van der Waals surface area (Å²) in [6.07, 6.45) is 1.42. The highest BCUT2D eigenvalue weighted by Crippen LogP contribution is 2.27. The van der Waals surface area contributed by atoms with Crippen LogP contribution >= 0.6 is 23.1 Å². The Morgan fingerprint density at radius 3 is 2.52 bits per heavy atom. The summed E-state index contributed by atoms with van der Waals surface area (Å²) in [5, 5.41) is 11.0. The molecule has 1 amide bonds. The number of carbonyl (C=O) groups excluding carboxylic acids is 1. The molecule has 0 fully saturated rings. The molecule has 0 aliphatic heterocycles. The number of hydrogen-bond donors (Lipinski definition) is 1. The molecular weight excluding hydrogens is 380 g/mol. The smallest absolute Gasteiger partial charge is 0.250 e. The van der Waals surface area contributed by atoms with Gasteiger partial charge < -0.3 is 0 Å². The fourth-order valence-electron chi connectivity index (χ4n) is 2.27. The summed E-state index contributed by atoms with van der Waals surface area (Å²) in [6, 6.07) is 7.71. The van der Waals surface area contributed by atoms with E-state index in [1.165, 1.54) is 23.1 Å². The standard InChI is InChI=1S/C15H20N4O3S3/c1-4-12(13(20)16-14-17-18-15(24-14)23-5-2)19(25(3,21)22)11-9-7-6-8-10-11/h6-10,12H,4-5H2,1-3H3,(H,16,17,20). The number of sulfonamides is 1. The number of aromatic nitrogens is 2. The van der Waals surface area contributed by atoms with Gasteiger partial charge in [-0.15, -0.1) is 10.2 Å². The predicted octanol–water partition coefficient (Wildman–Crippen LogP) is 2.83. The molecular formula is C15H20N4O3S3. The minimum absolute atomic E-state index is 0.323. The fourth-order valence-corrected chi connectivity index (χ4v) is 5.13. The van der Waals surface area contributed by atoms with Crippen molar-refractivity contribution in [3.63, 3.8) is 0 Å². The van der Waals surface area contributed by atoms with Crippen LogP contribution in [0.2, 0.25) is 0 Å². The fraction of sp³-hybridized carbons (Fsp3) is 0.400. The predicted molar refractivity (Wildman–Crippen MR) is 103 cm³/mol. The summed E-state index contributed by atoms with van der Waals surface area (Å²) in [5.41, 5.74) is 0.450. The first-order chi connectivity index (χ1) is 11.9. The number of benzene rings is 1. The zero-order valence-electron chi connectivity index (χ0n) is 14.2. The Hall–Kier alpha value is -1.65. The molecule has 1 aromatic heterocycles. The zero-order valence-corrected chi connectivity index (χ0v) is 16.6. The van der Waals surface area contributed by atoms with Crippen molar-refractivity contribution in [1.82, 2.24) is 10.2 Å². The van der Waals surface area contributed by atoms with Crippen LogP contribution < -0.4 is 9.62 Å². The number of nitrogens with zero attached hydrogens (tertiary/aromatic N) is 3. The number of hydrogen-bond acceptors (Lipinski definition) is 7. The summed E-state index contributed by atoms with van der Waals surface area (Å²) in [5.74, 6) is 0.428. The van der Waals surface area contributed by atoms with Gasteiger partial charge in [0.05, 0.1) is 11.9 Å². The Morgan fingerprint density at radius 1 is 1.28 bits per heavy atom. The van der Waals surface area contributed by atoms with E-state index in [2.05, 4.69) is 15.5 Å². The van der Waals surface area contributed by atoms with Crippen molar-refractivity contribution in [2.45, 2.75) is 30.6 Å². The third-order valence-corrected chi connectivity index (χ3v) is 6.28. The van der Waals surface area contributed by atoms with Crippen molar-refractivity contribution in [2.75, 3.05) is 21.6 Å². The Bertz CT molecular complexity index is 808. The molecule has 136 valence electrons. The molecule has 2 rings (SSSR count). The largest absolute Gasteiger partial charge is 0.299 e. The van der Waals surface area contributed by atoms with E-state index in [0.717, 1.165) is 20.7 Å². The van der Waals surface area contributed by atoms with Gasteiger partial charge in [0, 0.05) is 0 Å². The van der Waals surface area contributed by atoms with Crippen molar-refractivity contribution in [2.24, 2.45) is 0 Å². The van der Waals surface area contributed by atoms with Crippen molar-refractivity contribution >= 4 is 49.8 Å². The summed E-state index contributed by atoms with van der Waals surface area (Å²) in [6.45, 7) is 3.77. The van der Waals surface area contributed by atoms with E-state index in [9.17, 15) is 13.2 Å². The molecule has 0 radical (unpaired) electrons. The van der Waals surface area contributed by atoms with Crippen molar-refractivity contribution in [1.29, 1.82) is 0 Å². The van der Waals surface area contributed by atoms with Crippen LogP contribution in [0.5, 0.6) is 0 Å². The van der Waals surface area contributed by atoms with E-state index >= 15 is 0 Å². The lowest BCUT2D eigenvalue weighted by molar-refractivity contribution is -0.117. The van der Waals surface area contributed by atoms with E-state index in [1.807, 2.05) is 6.92 Å². The zero-order chi connectivity index (χ0) is 18.4. The van der Waals surface area contributed by atoms with Crippen molar-refractivity contribution < 1.29 is 13.2 Å². The van der Waals surface area contributed by atoms with Crippen LogP contribution in [0.3, 0.4) is 0 Å². The van der Waals surface area contributed by atoms with Crippen LogP contribution in [0, 0.1) is 0 Å². The van der Waals surface area contributed by atoms with Gasteiger partial charge in [0.2, 0.25) is 21.1 Å². The molecule has 10 heteroatoms. The number of rotatable bonds is 8. The second-order valence-corrected chi connectivity index (χ2v) is 9.46. The Morgan fingerprint density at radius 2 is 1.96 bits per heavy atom. The molecule has 1 heterocycles. The number of para-hydroxylation sites is 1. The molecule has 1 atom stereocenters. The highest BCUT2D eigenvalue weighted by molar-refractivity contribution is 8.01. The molecule has 1 aromatic carbocycles. The Labute approximate surface area is 155 Å². The number of anilines is 2. The first-order valence-electron chi connectivity index (χ1n) is 7.68. The summed E-state index contributed by atoms with van der Waals surface area (Å²) in [4.78, 5) is 12.7. The first kappa shape index (κ1) is 19.7. The molecule has 2 aromatic rings. The maximum Gasteiger partial charge on any atom is 0.250 e. The molecule has 0 saturated carbocycles. The van der Waals surface area contributed by atoms with Gasteiger partial charge in [0.25, 0.3) is 0 Å². The van der Waals surface area contributed by atoms with Crippen LogP contribution in [-0.4, -0.2) is 42.6 Å². The van der Waals surface area contributed by atoms with Crippen LogP contribution in [0.1, 0.15) is 20.3 Å². The van der Waals surface area contributed by atoms with Gasteiger partial charge in [-0.1, -0.05) is 55.1 Å². The van der Waals surface area contributed by atoms with E-state index in [-0.39, 0.29) is 0 Å². The van der Waals surface area contributed by atoms with Gasteiger partial charge in [-0.3, -0.25) is 14.4 Å². The first-order valence-corrected chi connectivity index (χ1v) is 11.3. The van der Waals surface area contributed by atoms with Gasteiger partial charge in [-0.05, 0) is 24.3 Å². The summed E-state index contributed by atoms with van der Waals surface area (Å²) < 4.78 is 26.5. The highest BCUT2D eigenvalue weighted by atomic mass is 32.2. The van der Waals surface area contributed by atoms with Gasteiger partial charge in [-0.25, -0.2) is 8.42 Å². The van der Waals surface area contributed by atoms with Gasteiger partial charge in [0.15, 0.2) is 4.34 Å². The van der Waals surface area contributed by atoms with E-state index < -0.39 is 22.0 Å². The molecule has 7 nitrogen and oxygen atoms in total. The second-order valence-electron chi connectivity index (χ2n) is 5.11. The number of thioether (sulfide) groups is 1. The normalized spacial score (nSPS) is 12.6. The van der Waals surface area contributed by atoms with Gasteiger partial charge in [0.1, 0.15) is 6.04 Å².